The van der Waals surface area contributed by atoms with Crippen molar-refractivity contribution in [3.63, 3.8) is 0 Å². The summed E-state index contributed by atoms with van der Waals surface area (Å²) in [5, 5.41) is 8.06. The Morgan fingerprint density at radius 2 is 2.09 bits per heavy atom. The summed E-state index contributed by atoms with van der Waals surface area (Å²) < 4.78 is 4.36. The standard InChI is InChI=1S/C6H8O4.Li.H/c1-2-3-10-6(9)4-5(7)8;;/h2H,1,3-4H2,(H,7,8);;. The number of carboxylic acid groups (broad SMARTS) is 1. The van der Waals surface area contributed by atoms with Gasteiger partial charge in [-0.15, -0.1) is 0 Å². The number of esters is 1. The molecule has 0 aliphatic heterocycles. The molecule has 0 bridgehead atoms. The molecule has 0 aromatic rings. The van der Waals surface area contributed by atoms with Gasteiger partial charge in [0.05, 0.1) is 0 Å². The summed E-state index contributed by atoms with van der Waals surface area (Å²) in [5.74, 6) is -1.93. The normalized spacial score (nSPS) is 7.64. The SMILES string of the molecule is C=CCOC(=O)CC(=O)O.[LiH]. The van der Waals surface area contributed by atoms with E-state index in [-0.39, 0.29) is 25.5 Å². The van der Waals surface area contributed by atoms with E-state index in [1.807, 2.05) is 0 Å². The predicted octanol–water partition coefficient (Wildman–Crippen LogP) is -0.458. The monoisotopic (exact) mass is 152 g/mol. The quantitative estimate of drug-likeness (QED) is 0.256. The average Bonchev–Trinajstić information content (AvgIpc) is 1.82. The third-order valence-corrected chi connectivity index (χ3v) is 0.658. The molecule has 0 aromatic heterocycles. The maximum atomic E-state index is 10.4. The van der Waals surface area contributed by atoms with E-state index in [4.69, 9.17) is 5.11 Å². The summed E-state index contributed by atoms with van der Waals surface area (Å²) in [5.41, 5.74) is 0. The van der Waals surface area contributed by atoms with Crippen molar-refractivity contribution in [1.82, 2.24) is 0 Å². The second-order valence-electron chi connectivity index (χ2n) is 1.54. The van der Waals surface area contributed by atoms with Crippen LogP contribution in [-0.2, 0) is 14.3 Å². The third kappa shape index (κ3) is 9.28. The Hall–Kier alpha value is -0.723. The van der Waals surface area contributed by atoms with Crippen molar-refractivity contribution in [3.05, 3.63) is 12.7 Å². The van der Waals surface area contributed by atoms with E-state index in [2.05, 4.69) is 11.3 Å². The number of aliphatic carboxylic acids is 1. The van der Waals surface area contributed by atoms with E-state index in [0.29, 0.717) is 0 Å². The van der Waals surface area contributed by atoms with Crippen LogP contribution in [0.3, 0.4) is 0 Å². The van der Waals surface area contributed by atoms with Crippen LogP contribution in [0.15, 0.2) is 12.7 Å². The van der Waals surface area contributed by atoms with Crippen molar-refractivity contribution in [2.75, 3.05) is 6.61 Å². The van der Waals surface area contributed by atoms with Crippen molar-refractivity contribution in [1.29, 1.82) is 0 Å². The molecule has 0 unspecified atom stereocenters. The molecule has 0 aliphatic rings. The van der Waals surface area contributed by atoms with Gasteiger partial charge in [-0.1, -0.05) is 12.7 Å². The van der Waals surface area contributed by atoms with Gasteiger partial charge < -0.3 is 9.84 Å². The number of ether oxygens (including phenoxy) is 1. The van der Waals surface area contributed by atoms with E-state index < -0.39 is 18.4 Å². The molecule has 58 valence electrons. The van der Waals surface area contributed by atoms with Crippen molar-refractivity contribution in [2.45, 2.75) is 6.42 Å². The Kier molecular flexibility index (Phi) is 8.67. The summed E-state index contributed by atoms with van der Waals surface area (Å²) >= 11 is 0. The van der Waals surface area contributed by atoms with Crippen LogP contribution < -0.4 is 0 Å². The molecule has 0 saturated heterocycles. The van der Waals surface area contributed by atoms with Gasteiger partial charge in [-0.25, -0.2) is 0 Å². The van der Waals surface area contributed by atoms with Gasteiger partial charge in [0, 0.05) is 0 Å². The van der Waals surface area contributed by atoms with Crippen molar-refractivity contribution >= 4 is 30.8 Å². The van der Waals surface area contributed by atoms with Crippen LogP contribution in [0.5, 0.6) is 0 Å². The summed E-state index contributed by atoms with van der Waals surface area (Å²) in [4.78, 5) is 20.2. The molecule has 1 N–H and O–H groups in total. The molecular weight excluding hydrogens is 143 g/mol. The molecule has 0 rings (SSSR count). The first-order chi connectivity index (χ1) is 4.66. The van der Waals surface area contributed by atoms with Gasteiger partial charge in [0.25, 0.3) is 0 Å². The molecule has 4 nitrogen and oxygen atoms in total. The zero-order valence-electron chi connectivity index (χ0n) is 5.37. The van der Waals surface area contributed by atoms with Crippen molar-refractivity contribution in [2.24, 2.45) is 0 Å². The van der Waals surface area contributed by atoms with Crippen molar-refractivity contribution < 1.29 is 19.4 Å². The first kappa shape index (κ1) is 12.9. The summed E-state index contributed by atoms with van der Waals surface area (Å²) in [6.07, 6.45) is 0.785. The number of carboxylic acids is 1. The van der Waals surface area contributed by atoms with Crippen LogP contribution in [0.2, 0.25) is 0 Å². The Labute approximate surface area is 76.4 Å². The second kappa shape index (κ2) is 7.39. The fourth-order valence-corrected chi connectivity index (χ4v) is 0.326. The molecule has 11 heavy (non-hydrogen) atoms. The minimum absolute atomic E-state index is 0. The van der Waals surface area contributed by atoms with Gasteiger partial charge in [-0.3, -0.25) is 9.59 Å². The van der Waals surface area contributed by atoms with Crippen molar-refractivity contribution in [3.8, 4) is 0 Å². The first-order valence-corrected chi connectivity index (χ1v) is 2.65. The summed E-state index contributed by atoms with van der Waals surface area (Å²) in [6.45, 7) is 3.35. The Morgan fingerprint density at radius 1 is 1.55 bits per heavy atom. The van der Waals surface area contributed by atoms with Crippen LogP contribution >= 0.6 is 0 Å². The third-order valence-electron chi connectivity index (χ3n) is 0.658. The van der Waals surface area contributed by atoms with E-state index in [1.165, 1.54) is 6.08 Å². The molecule has 0 aliphatic carbocycles. The minimum atomic E-state index is -1.19. The van der Waals surface area contributed by atoms with E-state index >= 15 is 0 Å². The van der Waals surface area contributed by atoms with Crippen LogP contribution in [0.1, 0.15) is 6.42 Å². The van der Waals surface area contributed by atoms with Gasteiger partial charge in [0.1, 0.15) is 13.0 Å². The number of rotatable bonds is 4. The predicted molar refractivity (Wildman–Crippen MR) is 40.6 cm³/mol. The topological polar surface area (TPSA) is 63.6 Å². The Bertz CT molecular complexity index is 155. The molecular formula is C6H9LiO4. The zero-order valence-corrected chi connectivity index (χ0v) is 5.37. The first-order valence-electron chi connectivity index (χ1n) is 2.65. The Balaban J connectivity index is 0. The summed E-state index contributed by atoms with van der Waals surface area (Å²) in [7, 11) is 0. The maximum absolute atomic E-state index is 10.4. The van der Waals surface area contributed by atoms with Crippen LogP contribution in [0.4, 0.5) is 0 Å². The van der Waals surface area contributed by atoms with E-state index in [1.54, 1.807) is 0 Å². The molecule has 0 amide bonds. The average molecular weight is 152 g/mol. The molecule has 0 atom stereocenters. The van der Waals surface area contributed by atoms with Gasteiger partial charge >= 0.3 is 30.8 Å². The molecule has 0 aromatic carbocycles. The fourth-order valence-electron chi connectivity index (χ4n) is 0.326. The molecule has 0 fully saturated rings. The molecule has 0 saturated carbocycles. The van der Waals surface area contributed by atoms with Crippen LogP contribution in [-0.4, -0.2) is 42.5 Å². The number of hydrogen-bond acceptors (Lipinski definition) is 3. The van der Waals surface area contributed by atoms with Gasteiger partial charge in [-0.2, -0.15) is 0 Å². The van der Waals surface area contributed by atoms with Crippen LogP contribution in [0.25, 0.3) is 0 Å². The van der Waals surface area contributed by atoms with Gasteiger partial charge in [-0.05, 0) is 0 Å². The van der Waals surface area contributed by atoms with Gasteiger partial charge in [0.2, 0.25) is 0 Å². The number of carbonyl (C=O) groups is 2. The fraction of sp³-hybridized carbons (Fsp3) is 0.333. The van der Waals surface area contributed by atoms with Gasteiger partial charge in [0.15, 0.2) is 0 Å². The Morgan fingerprint density at radius 3 is 2.45 bits per heavy atom. The zero-order chi connectivity index (χ0) is 7.98. The molecule has 0 heterocycles. The molecule has 0 spiro atoms. The molecule has 5 heteroatoms. The van der Waals surface area contributed by atoms with E-state index in [9.17, 15) is 9.59 Å². The van der Waals surface area contributed by atoms with Crippen LogP contribution in [0, 0.1) is 0 Å². The number of hydrogen-bond donors (Lipinski definition) is 1. The summed E-state index contributed by atoms with van der Waals surface area (Å²) in [6, 6.07) is 0. The number of carbonyl (C=O) groups excluding carboxylic acids is 1. The molecule has 0 radical (unpaired) electrons. The second-order valence-corrected chi connectivity index (χ2v) is 1.54. The van der Waals surface area contributed by atoms with E-state index in [0.717, 1.165) is 0 Å².